The van der Waals surface area contributed by atoms with Crippen molar-refractivity contribution in [1.29, 1.82) is 0 Å². The number of carbonyl (C=O) groups excluding carboxylic acids is 1. The van der Waals surface area contributed by atoms with Crippen LogP contribution in [0.25, 0.3) is 34.1 Å². The third kappa shape index (κ3) is 4.27. The van der Waals surface area contributed by atoms with Gasteiger partial charge in [0.25, 0.3) is 5.91 Å². The maximum atomic E-state index is 13.1. The molecule has 5 aromatic heterocycles. The van der Waals surface area contributed by atoms with Gasteiger partial charge in [-0.3, -0.25) is 9.36 Å². The lowest BCUT2D eigenvalue weighted by atomic mass is 10.1. The zero-order valence-electron chi connectivity index (χ0n) is 22.5. The quantitative estimate of drug-likeness (QED) is 0.332. The molecule has 1 aliphatic rings. The zero-order chi connectivity index (χ0) is 28.1. The van der Waals surface area contributed by atoms with Crippen LogP contribution in [0, 0.1) is 13.8 Å². The van der Waals surface area contributed by atoms with Crippen molar-refractivity contribution in [2.24, 2.45) is 0 Å². The molecule has 0 saturated heterocycles. The average Bonchev–Trinajstić information content (AvgIpc) is 3.72. The third-order valence-electron chi connectivity index (χ3n) is 7.42. The number of nitrogens with one attached hydrogen (secondary N) is 1. The molecule has 0 unspecified atom stereocenters. The molecule has 5 heterocycles. The van der Waals surface area contributed by atoms with Crippen molar-refractivity contribution in [2.45, 2.75) is 32.7 Å². The Kier molecular flexibility index (Phi) is 5.77. The van der Waals surface area contributed by atoms with E-state index < -0.39 is 0 Å². The Morgan fingerprint density at radius 3 is 2.73 bits per heavy atom. The van der Waals surface area contributed by atoms with E-state index >= 15 is 0 Å². The fraction of sp³-hybridized carbons (Fsp3) is 0.167. The van der Waals surface area contributed by atoms with Crippen LogP contribution in [0.5, 0.6) is 0 Å². The second kappa shape index (κ2) is 9.63. The minimum atomic E-state index is -0.172. The van der Waals surface area contributed by atoms with Crippen LogP contribution >= 0.6 is 0 Å². The van der Waals surface area contributed by atoms with E-state index in [4.69, 9.17) is 15.7 Å². The highest BCUT2D eigenvalue weighted by molar-refractivity contribution is 5.95. The molecule has 1 aliphatic carbocycles. The van der Waals surface area contributed by atoms with Gasteiger partial charge < -0.3 is 11.1 Å². The van der Waals surface area contributed by atoms with Crippen LogP contribution in [0.2, 0.25) is 0 Å². The van der Waals surface area contributed by atoms with Crippen molar-refractivity contribution in [3.8, 4) is 22.9 Å². The van der Waals surface area contributed by atoms with Gasteiger partial charge in [-0.25, -0.2) is 29.6 Å². The molecule has 1 amide bonds. The van der Waals surface area contributed by atoms with Crippen LogP contribution in [-0.2, 0) is 6.42 Å². The topological polar surface area (TPSA) is 142 Å². The van der Waals surface area contributed by atoms with Gasteiger partial charge >= 0.3 is 0 Å². The molecule has 0 saturated carbocycles. The molecule has 11 nitrogen and oxygen atoms in total. The lowest BCUT2D eigenvalue weighted by Gasteiger charge is -2.16. The molecule has 1 aromatic carbocycles. The first-order valence-corrected chi connectivity index (χ1v) is 13.3. The van der Waals surface area contributed by atoms with Crippen LogP contribution in [0.15, 0.2) is 73.3 Å². The van der Waals surface area contributed by atoms with Crippen LogP contribution < -0.4 is 11.1 Å². The predicted octanol–water partition coefficient (Wildman–Crippen LogP) is 4.07. The largest absolute Gasteiger partial charge is 0.383 e. The maximum Gasteiger partial charge on any atom is 0.255 e. The maximum absolute atomic E-state index is 13.1. The summed E-state index contributed by atoms with van der Waals surface area (Å²) in [5.74, 6) is 2.18. The second-order valence-electron chi connectivity index (χ2n) is 10.0. The highest BCUT2D eigenvalue weighted by Gasteiger charge is 2.27. The second-order valence-corrected chi connectivity index (χ2v) is 10.0. The number of pyridine rings is 2. The number of hydrogen-bond donors (Lipinski definition) is 2. The highest BCUT2D eigenvalue weighted by Crippen LogP contribution is 2.36. The normalized spacial score (nSPS) is 14.3. The molecule has 3 N–H and O–H groups in total. The Hall–Kier alpha value is -5.45. The first-order valence-electron chi connectivity index (χ1n) is 13.3. The van der Waals surface area contributed by atoms with Crippen molar-refractivity contribution in [3.05, 3.63) is 102 Å². The molecule has 0 bridgehead atoms. The van der Waals surface area contributed by atoms with Gasteiger partial charge in [0, 0.05) is 30.5 Å². The molecule has 6 aromatic rings. The van der Waals surface area contributed by atoms with Gasteiger partial charge in [-0.15, -0.1) is 0 Å². The fourth-order valence-corrected chi connectivity index (χ4v) is 5.45. The van der Waals surface area contributed by atoms with Crippen molar-refractivity contribution in [1.82, 2.24) is 44.6 Å². The first-order chi connectivity index (χ1) is 20.0. The Morgan fingerprint density at radius 2 is 1.93 bits per heavy atom. The van der Waals surface area contributed by atoms with E-state index in [2.05, 4.69) is 37.5 Å². The summed E-state index contributed by atoms with van der Waals surface area (Å²) in [5.41, 5.74) is 12.7. The number of imidazole rings is 1. The van der Waals surface area contributed by atoms with Crippen molar-refractivity contribution >= 4 is 22.9 Å². The predicted molar refractivity (Wildman–Crippen MR) is 154 cm³/mol. The van der Waals surface area contributed by atoms with Crippen LogP contribution in [0.4, 0.5) is 5.82 Å². The summed E-state index contributed by atoms with van der Waals surface area (Å²) in [6.07, 6.45) is 8.43. The third-order valence-corrected chi connectivity index (χ3v) is 7.42. The van der Waals surface area contributed by atoms with E-state index in [1.54, 1.807) is 23.3 Å². The number of nitrogen functional groups attached to an aromatic ring is 1. The fourth-order valence-electron chi connectivity index (χ4n) is 5.45. The number of anilines is 1. The molecule has 7 rings (SSSR count). The number of hydrogen-bond acceptors (Lipinski definition) is 8. The van der Waals surface area contributed by atoms with Crippen molar-refractivity contribution in [2.75, 3.05) is 5.73 Å². The van der Waals surface area contributed by atoms with E-state index in [1.807, 2.05) is 61.0 Å². The van der Waals surface area contributed by atoms with Crippen LogP contribution in [0.3, 0.4) is 0 Å². The van der Waals surface area contributed by atoms with Gasteiger partial charge in [-0.1, -0.05) is 6.07 Å². The molecule has 1 atom stereocenters. The highest BCUT2D eigenvalue weighted by atomic mass is 16.1. The van der Waals surface area contributed by atoms with Gasteiger partial charge in [-0.05, 0) is 80.3 Å². The van der Waals surface area contributed by atoms with Crippen LogP contribution in [-0.4, -0.2) is 45.2 Å². The number of aromatic nitrogens is 8. The van der Waals surface area contributed by atoms with Gasteiger partial charge in [0.15, 0.2) is 17.3 Å². The summed E-state index contributed by atoms with van der Waals surface area (Å²) in [6, 6.07) is 15.6. The van der Waals surface area contributed by atoms with E-state index in [0.717, 1.165) is 35.2 Å². The van der Waals surface area contributed by atoms with Crippen LogP contribution in [0.1, 0.15) is 45.5 Å². The Labute approximate surface area is 235 Å². The Balaban J connectivity index is 1.30. The monoisotopic (exact) mass is 542 g/mol. The minimum absolute atomic E-state index is 0.107. The lowest BCUT2D eigenvalue weighted by molar-refractivity contribution is 0.0935. The number of rotatable bonds is 5. The zero-order valence-corrected chi connectivity index (χ0v) is 22.5. The summed E-state index contributed by atoms with van der Waals surface area (Å²) < 4.78 is 3.72. The Bertz CT molecular complexity index is 1940. The standard InChI is InChI=1S/C30H26N10O/c1-17-23(16-33-18(2)35-17)30(41)37-24-9-6-19-15-20(7-8-21(19)24)40-28(22-5-3-12-32-27(22)31)36-25-10-11-26(38-29(25)40)39-14-4-13-34-39/h3-5,7-8,10-16,24H,6,9H2,1-2H3,(H2,31,32)(H,37,41)/t24-/m0/s1. The summed E-state index contributed by atoms with van der Waals surface area (Å²) >= 11 is 0. The smallest absolute Gasteiger partial charge is 0.255 e. The van der Waals surface area contributed by atoms with Gasteiger partial charge in [0.2, 0.25) is 0 Å². The minimum Gasteiger partial charge on any atom is -0.383 e. The van der Waals surface area contributed by atoms with E-state index in [1.165, 1.54) is 0 Å². The molecule has 11 heteroatoms. The van der Waals surface area contributed by atoms with Gasteiger partial charge in [-0.2, -0.15) is 5.10 Å². The molecular formula is C30H26N10O. The number of benzene rings is 1. The Morgan fingerprint density at radius 1 is 1.02 bits per heavy atom. The summed E-state index contributed by atoms with van der Waals surface area (Å²) in [6.45, 7) is 3.64. The lowest BCUT2D eigenvalue weighted by Crippen LogP contribution is -2.28. The molecule has 202 valence electrons. The average molecular weight is 543 g/mol. The van der Waals surface area contributed by atoms with E-state index in [9.17, 15) is 4.79 Å². The molecule has 0 spiro atoms. The summed E-state index contributed by atoms with van der Waals surface area (Å²) in [5, 5.41) is 7.52. The number of aryl methyl sites for hydroxylation is 3. The van der Waals surface area contributed by atoms with Gasteiger partial charge in [0.05, 0.1) is 22.9 Å². The number of fused-ring (bicyclic) bond motifs is 2. The van der Waals surface area contributed by atoms with E-state index in [-0.39, 0.29) is 11.9 Å². The first kappa shape index (κ1) is 24.6. The molecule has 0 radical (unpaired) electrons. The van der Waals surface area contributed by atoms with E-state index in [0.29, 0.717) is 45.8 Å². The molecule has 0 aliphatic heterocycles. The molecular weight excluding hydrogens is 516 g/mol. The number of amides is 1. The van der Waals surface area contributed by atoms with Crippen molar-refractivity contribution in [3.63, 3.8) is 0 Å². The molecule has 0 fully saturated rings. The summed E-state index contributed by atoms with van der Waals surface area (Å²) in [4.78, 5) is 35.8. The summed E-state index contributed by atoms with van der Waals surface area (Å²) in [7, 11) is 0. The van der Waals surface area contributed by atoms with Crippen molar-refractivity contribution < 1.29 is 4.79 Å². The SMILES string of the molecule is Cc1ncc(C(=O)N[C@H]2CCc3cc(-n4c(-c5cccnc5N)nc5ccc(-n6cccn6)nc54)ccc32)c(C)n1. The number of nitrogens with two attached hydrogens (primary N) is 1. The molecule has 41 heavy (non-hydrogen) atoms. The number of carbonyl (C=O) groups is 1. The van der Waals surface area contributed by atoms with Gasteiger partial charge in [0.1, 0.15) is 17.2 Å². The number of nitrogens with zero attached hydrogens (tertiary/aromatic N) is 8.